The molecule has 29 heavy (non-hydrogen) atoms. The van der Waals surface area contributed by atoms with E-state index in [1.165, 1.54) is 5.56 Å². The summed E-state index contributed by atoms with van der Waals surface area (Å²) >= 11 is 0. The van der Waals surface area contributed by atoms with Gasteiger partial charge in [-0.3, -0.25) is 4.79 Å². The number of carbonyl (C=O) groups is 1. The molecule has 1 N–H and O–H groups in total. The molecule has 2 aromatic carbocycles. The van der Waals surface area contributed by atoms with Crippen LogP contribution in [0.4, 0.5) is 0 Å². The SMILES string of the molecule is C#CCOc1ccc(CCC(=O)NC(C#N)c2ccc(C(C)C)cc2)cc1OC. The van der Waals surface area contributed by atoms with Crippen molar-refractivity contribution in [2.45, 2.75) is 38.6 Å². The second-order valence-corrected chi connectivity index (χ2v) is 6.93. The molecule has 0 bridgehead atoms. The van der Waals surface area contributed by atoms with Crippen molar-refractivity contribution in [3.63, 3.8) is 0 Å². The van der Waals surface area contributed by atoms with E-state index in [1.54, 1.807) is 13.2 Å². The van der Waals surface area contributed by atoms with Crippen LogP contribution in [-0.2, 0) is 11.2 Å². The lowest BCUT2D eigenvalue weighted by atomic mass is 9.99. The minimum Gasteiger partial charge on any atom is -0.493 e. The van der Waals surface area contributed by atoms with E-state index < -0.39 is 6.04 Å². The first-order valence-electron chi connectivity index (χ1n) is 9.50. The number of carbonyl (C=O) groups excluding carboxylic acids is 1. The van der Waals surface area contributed by atoms with Crippen molar-refractivity contribution >= 4 is 5.91 Å². The fraction of sp³-hybridized carbons (Fsp3) is 0.333. The zero-order chi connectivity index (χ0) is 21.2. The lowest BCUT2D eigenvalue weighted by Gasteiger charge is -2.14. The maximum Gasteiger partial charge on any atom is 0.221 e. The summed E-state index contributed by atoms with van der Waals surface area (Å²) in [7, 11) is 1.55. The number of ether oxygens (including phenoxy) is 2. The van der Waals surface area contributed by atoms with Crippen molar-refractivity contribution in [2.24, 2.45) is 0 Å². The van der Waals surface area contributed by atoms with Gasteiger partial charge in [-0.2, -0.15) is 5.26 Å². The lowest BCUT2D eigenvalue weighted by Crippen LogP contribution is -2.27. The van der Waals surface area contributed by atoms with Gasteiger partial charge in [0.2, 0.25) is 5.91 Å². The van der Waals surface area contributed by atoms with Crippen molar-refractivity contribution in [1.82, 2.24) is 5.32 Å². The highest BCUT2D eigenvalue weighted by atomic mass is 16.5. The number of aryl methyl sites for hydroxylation is 1. The number of amides is 1. The molecule has 0 radical (unpaired) electrons. The van der Waals surface area contributed by atoms with Crippen LogP contribution in [0.2, 0.25) is 0 Å². The molecule has 0 fully saturated rings. The summed E-state index contributed by atoms with van der Waals surface area (Å²) in [5.74, 6) is 3.77. The second-order valence-electron chi connectivity index (χ2n) is 6.93. The molecule has 1 atom stereocenters. The van der Waals surface area contributed by atoms with Gasteiger partial charge < -0.3 is 14.8 Å². The maximum absolute atomic E-state index is 12.4. The largest absolute Gasteiger partial charge is 0.493 e. The molecule has 1 unspecified atom stereocenters. The molecular formula is C24H26N2O3. The Bertz CT molecular complexity index is 905. The summed E-state index contributed by atoms with van der Waals surface area (Å²) in [4.78, 5) is 12.4. The average molecular weight is 390 g/mol. The zero-order valence-electron chi connectivity index (χ0n) is 17.1. The van der Waals surface area contributed by atoms with E-state index in [1.807, 2.05) is 36.4 Å². The van der Waals surface area contributed by atoms with Crippen LogP contribution < -0.4 is 14.8 Å². The minimum atomic E-state index is -0.669. The Kier molecular flexibility index (Phi) is 8.12. The number of terminal acetylenes is 1. The molecule has 0 aliphatic carbocycles. The smallest absolute Gasteiger partial charge is 0.221 e. The summed E-state index contributed by atoms with van der Waals surface area (Å²) in [6, 6.07) is 14.7. The number of nitriles is 1. The standard InChI is InChI=1S/C24H26N2O3/c1-5-14-29-22-12-6-18(15-23(22)28-4)7-13-24(27)26-21(16-25)20-10-8-19(9-11-20)17(2)3/h1,6,8-12,15,17,21H,7,13-14H2,2-4H3,(H,26,27). The molecule has 0 aliphatic rings. The highest BCUT2D eigenvalue weighted by Gasteiger charge is 2.15. The molecule has 0 aromatic heterocycles. The number of nitrogens with one attached hydrogen (secondary N) is 1. The average Bonchev–Trinajstić information content (AvgIpc) is 2.74. The van der Waals surface area contributed by atoms with Gasteiger partial charge in [-0.1, -0.05) is 50.1 Å². The van der Waals surface area contributed by atoms with Crippen LogP contribution in [0.5, 0.6) is 11.5 Å². The van der Waals surface area contributed by atoms with E-state index in [2.05, 4.69) is 31.2 Å². The molecule has 5 heteroatoms. The number of hydrogen-bond acceptors (Lipinski definition) is 4. The summed E-state index contributed by atoms with van der Waals surface area (Å²) < 4.78 is 10.7. The normalized spacial score (nSPS) is 11.2. The van der Waals surface area contributed by atoms with Gasteiger partial charge in [0.25, 0.3) is 0 Å². The molecule has 0 saturated carbocycles. The number of nitrogens with zero attached hydrogens (tertiary/aromatic N) is 1. The van der Waals surface area contributed by atoms with Crippen LogP contribution in [0, 0.1) is 23.7 Å². The van der Waals surface area contributed by atoms with E-state index in [0.717, 1.165) is 11.1 Å². The van der Waals surface area contributed by atoms with Crippen molar-refractivity contribution in [3.05, 3.63) is 59.2 Å². The lowest BCUT2D eigenvalue weighted by molar-refractivity contribution is -0.121. The molecule has 150 valence electrons. The Morgan fingerprint density at radius 1 is 1.14 bits per heavy atom. The van der Waals surface area contributed by atoms with Crippen molar-refractivity contribution in [1.29, 1.82) is 5.26 Å². The van der Waals surface area contributed by atoms with Crippen LogP contribution in [0.1, 0.15) is 48.9 Å². The summed E-state index contributed by atoms with van der Waals surface area (Å²) in [5, 5.41) is 12.2. The first-order chi connectivity index (χ1) is 14.0. The van der Waals surface area contributed by atoms with Gasteiger partial charge in [0.05, 0.1) is 13.2 Å². The van der Waals surface area contributed by atoms with Crippen molar-refractivity contribution in [3.8, 4) is 29.9 Å². The number of hydrogen-bond donors (Lipinski definition) is 1. The highest BCUT2D eigenvalue weighted by Crippen LogP contribution is 2.28. The molecular weight excluding hydrogens is 364 g/mol. The first kappa shape index (κ1) is 21.9. The Morgan fingerprint density at radius 2 is 1.83 bits per heavy atom. The van der Waals surface area contributed by atoms with Gasteiger partial charge in [0.15, 0.2) is 11.5 Å². The highest BCUT2D eigenvalue weighted by molar-refractivity contribution is 5.77. The molecule has 1 amide bonds. The van der Waals surface area contributed by atoms with Gasteiger partial charge in [-0.25, -0.2) is 0 Å². The van der Waals surface area contributed by atoms with Crippen molar-refractivity contribution in [2.75, 3.05) is 13.7 Å². The fourth-order valence-electron chi connectivity index (χ4n) is 2.86. The third kappa shape index (κ3) is 6.30. The molecule has 2 rings (SSSR count). The van der Waals surface area contributed by atoms with E-state index in [-0.39, 0.29) is 18.9 Å². The quantitative estimate of drug-likeness (QED) is 0.653. The van der Waals surface area contributed by atoms with Gasteiger partial charge in [0.1, 0.15) is 12.6 Å². The molecule has 5 nitrogen and oxygen atoms in total. The predicted molar refractivity (Wildman–Crippen MR) is 113 cm³/mol. The molecule has 2 aromatic rings. The van der Waals surface area contributed by atoms with E-state index >= 15 is 0 Å². The third-order valence-corrected chi connectivity index (χ3v) is 4.55. The van der Waals surface area contributed by atoms with Crippen molar-refractivity contribution < 1.29 is 14.3 Å². The maximum atomic E-state index is 12.4. The van der Waals surface area contributed by atoms with Gasteiger partial charge in [-0.15, -0.1) is 6.42 Å². The van der Waals surface area contributed by atoms with Gasteiger partial charge >= 0.3 is 0 Å². The fourth-order valence-corrected chi connectivity index (χ4v) is 2.86. The number of rotatable bonds is 9. The predicted octanol–water partition coefficient (Wildman–Crippen LogP) is 4.14. The van der Waals surface area contributed by atoms with E-state index in [0.29, 0.717) is 23.8 Å². The Labute approximate surface area is 172 Å². The van der Waals surface area contributed by atoms with Gasteiger partial charge in [0, 0.05) is 6.42 Å². The topological polar surface area (TPSA) is 71.3 Å². The van der Waals surface area contributed by atoms with E-state index in [9.17, 15) is 10.1 Å². The summed E-state index contributed by atoms with van der Waals surface area (Å²) in [6.45, 7) is 4.38. The summed E-state index contributed by atoms with van der Waals surface area (Å²) in [6.07, 6.45) is 5.99. The molecule has 0 heterocycles. The number of methoxy groups -OCH3 is 1. The summed E-state index contributed by atoms with van der Waals surface area (Å²) in [5.41, 5.74) is 2.90. The third-order valence-electron chi connectivity index (χ3n) is 4.55. The molecule has 0 aliphatic heterocycles. The van der Waals surface area contributed by atoms with Crippen LogP contribution in [0.3, 0.4) is 0 Å². The first-order valence-corrected chi connectivity index (χ1v) is 9.50. The second kappa shape index (κ2) is 10.8. The van der Waals surface area contributed by atoms with Crippen LogP contribution in [-0.4, -0.2) is 19.6 Å². The number of benzene rings is 2. The van der Waals surface area contributed by atoms with Crippen LogP contribution in [0.15, 0.2) is 42.5 Å². The zero-order valence-corrected chi connectivity index (χ0v) is 17.1. The molecule has 0 saturated heterocycles. The van der Waals surface area contributed by atoms with E-state index in [4.69, 9.17) is 15.9 Å². The Morgan fingerprint density at radius 3 is 2.41 bits per heavy atom. The molecule has 0 spiro atoms. The minimum absolute atomic E-state index is 0.159. The van der Waals surface area contributed by atoms with Crippen LogP contribution in [0.25, 0.3) is 0 Å². The Hall–Kier alpha value is -3.44. The van der Waals surface area contributed by atoms with Crippen LogP contribution >= 0.6 is 0 Å². The van der Waals surface area contributed by atoms with Gasteiger partial charge in [-0.05, 0) is 41.2 Å². The monoisotopic (exact) mass is 390 g/mol. The Balaban J connectivity index is 1.96.